The maximum Gasteiger partial charge on any atom is 0.250 e. The summed E-state index contributed by atoms with van der Waals surface area (Å²) in [6.07, 6.45) is 9.17. The summed E-state index contributed by atoms with van der Waals surface area (Å²) in [5.41, 5.74) is 3.72. The molecule has 1 aliphatic carbocycles. The van der Waals surface area contributed by atoms with E-state index in [-0.39, 0.29) is 11.5 Å². The SMILES string of the molecule is C=C(C1CNCC[C@@H]1c1ccn(C)c(=O)c1)N(Cc1cccc2cnccc12)C1CC1. The third-order valence-electron chi connectivity index (χ3n) is 6.93. The number of aryl methyl sites for hydroxylation is 1. The smallest absolute Gasteiger partial charge is 0.250 e. The first kappa shape index (κ1) is 20.0. The minimum Gasteiger partial charge on any atom is -0.368 e. The van der Waals surface area contributed by atoms with Crippen molar-refractivity contribution in [2.24, 2.45) is 13.0 Å². The molecular formula is C26H30N4O. The fourth-order valence-electron chi connectivity index (χ4n) is 4.98. The van der Waals surface area contributed by atoms with E-state index < -0.39 is 0 Å². The zero-order valence-electron chi connectivity index (χ0n) is 18.1. The Bertz CT molecular complexity index is 1160. The molecule has 5 rings (SSSR count). The van der Waals surface area contributed by atoms with E-state index in [1.54, 1.807) is 11.6 Å². The van der Waals surface area contributed by atoms with Gasteiger partial charge in [-0.2, -0.15) is 0 Å². The van der Waals surface area contributed by atoms with Crippen LogP contribution in [0.25, 0.3) is 10.8 Å². The maximum atomic E-state index is 12.3. The van der Waals surface area contributed by atoms with Crippen LogP contribution >= 0.6 is 0 Å². The molecule has 1 saturated carbocycles. The molecule has 2 fully saturated rings. The Kier molecular flexibility index (Phi) is 5.36. The molecule has 3 aromatic rings. The molecule has 2 aromatic heterocycles. The van der Waals surface area contributed by atoms with E-state index in [0.717, 1.165) is 31.6 Å². The molecule has 0 amide bonds. The number of hydrogen-bond acceptors (Lipinski definition) is 4. The third-order valence-corrected chi connectivity index (χ3v) is 6.93. The van der Waals surface area contributed by atoms with Gasteiger partial charge in [0.25, 0.3) is 5.56 Å². The number of pyridine rings is 2. The molecular weight excluding hydrogens is 384 g/mol. The maximum absolute atomic E-state index is 12.3. The van der Waals surface area contributed by atoms with Crippen LogP contribution in [0.2, 0.25) is 0 Å². The van der Waals surface area contributed by atoms with E-state index in [0.29, 0.717) is 12.0 Å². The van der Waals surface area contributed by atoms with Crippen molar-refractivity contribution in [2.45, 2.75) is 37.8 Å². The first-order chi connectivity index (χ1) is 15.1. The molecule has 3 heterocycles. The minimum atomic E-state index is 0.0591. The van der Waals surface area contributed by atoms with Crippen LogP contribution < -0.4 is 10.9 Å². The summed E-state index contributed by atoms with van der Waals surface area (Å²) in [6.45, 7) is 7.37. The molecule has 31 heavy (non-hydrogen) atoms. The van der Waals surface area contributed by atoms with Crippen molar-refractivity contribution in [3.8, 4) is 0 Å². The summed E-state index contributed by atoms with van der Waals surface area (Å²) < 4.78 is 1.64. The second kappa shape index (κ2) is 8.31. The number of nitrogens with zero attached hydrogens (tertiary/aromatic N) is 3. The fraction of sp³-hybridized carbons (Fsp3) is 0.385. The van der Waals surface area contributed by atoms with E-state index in [9.17, 15) is 4.79 Å². The van der Waals surface area contributed by atoms with Gasteiger partial charge >= 0.3 is 0 Å². The average molecular weight is 415 g/mol. The van der Waals surface area contributed by atoms with Crippen molar-refractivity contribution in [1.29, 1.82) is 0 Å². The topological polar surface area (TPSA) is 50.2 Å². The Hall–Kier alpha value is -2.92. The summed E-state index contributed by atoms with van der Waals surface area (Å²) in [7, 11) is 1.81. The van der Waals surface area contributed by atoms with Crippen LogP contribution in [0, 0.1) is 5.92 Å². The van der Waals surface area contributed by atoms with Crippen molar-refractivity contribution < 1.29 is 0 Å². The highest BCUT2D eigenvalue weighted by Crippen LogP contribution is 2.40. The van der Waals surface area contributed by atoms with E-state index >= 15 is 0 Å². The van der Waals surface area contributed by atoms with Gasteiger partial charge in [-0.1, -0.05) is 24.8 Å². The van der Waals surface area contributed by atoms with Gasteiger partial charge in [-0.15, -0.1) is 0 Å². The Morgan fingerprint density at radius 2 is 2.13 bits per heavy atom. The number of hydrogen-bond donors (Lipinski definition) is 1. The second-order valence-electron chi connectivity index (χ2n) is 8.98. The molecule has 1 unspecified atom stereocenters. The highest BCUT2D eigenvalue weighted by Gasteiger charge is 2.36. The zero-order chi connectivity index (χ0) is 21.4. The molecule has 2 aliphatic rings. The first-order valence-corrected chi connectivity index (χ1v) is 11.3. The molecule has 1 saturated heterocycles. The number of fused-ring (bicyclic) bond motifs is 1. The molecule has 160 valence electrons. The van der Waals surface area contributed by atoms with Crippen LogP contribution in [-0.4, -0.2) is 33.6 Å². The van der Waals surface area contributed by atoms with Crippen LogP contribution in [0.5, 0.6) is 0 Å². The lowest BCUT2D eigenvalue weighted by Gasteiger charge is -2.39. The lowest BCUT2D eigenvalue weighted by molar-refractivity contribution is 0.245. The Morgan fingerprint density at radius 3 is 2.94 bits per heavy atom. The molecule has 0 radical (unpaired) electrons. The zero-order valence-corrected chi connectivity index (χ0v) is 18.1. The van der Waals surface area contributed by atoms with Crippen LogP contribution in [-0.2, 0) is 13.6 Å². The molecule has 0 spiro atoms. The van der Waals surface area contributed by atoms with Gasteiger partial charge in [-0.25, -0.2) is 0 Å². The van der Waals surface area contributed by atoms with Crippen molar-refractivity contribution in [2.75, 3.05) is 13.1 Å². The summed E-state index contributed by atoms with van der Waals surface area (Å²) in [6, 6.07) is 13.1. The minimum absolute atomic E-state index is 0.0591. The number of nitrogens with one attached hydrogen (secondary N) is 1. The van der Waals surface area contributed by atoms with E-state index in [1.807, 2.05) is 24.7 Å². The molecule has 2 atom stereocenters. The molecule has 1 N–H and O–H groups in total. The van der Waals surface area contributed by atoms with Crippen molar-refractivity contribution in [1.82, 2.24) is 19.8 Å². The van der Waals surface area contributed by atoms with Gasteiger partial charge in [0, 0.05) is 67.8 Å². The summed E-state index contributed by atoms with van der Waals surface area (Å²) in [5.74, 6) is 0.610. The van der Waals surface area contributed by atoms with Gasteiger partial charge in [0.2, 0.25) is 0 Å². The number of benzene rings is 1. The van der Waals surface area contributed by atoms with Gasteiger partial charge in [-0.3, -0.25) is 9.78 Å². The summed E-state index contributed by atoms with van der Waals surface area (Å²) >= 11 is 0. The predicted molar refractivity (Wildman–Crippen MR) is 125 cm³/mol. The Balaban J connectivity index is 1.45. The predicted octanol–water partition coefficient (Wildman–Crippen LogP) is 3.80. The monoisotopic (exact) mass is 414 g/mol. The van der Waals surface area contributed by atoms with Crippen LogP contribution in [0.3, 0.4) is 0 Å². The van der Waals surface area contributed by atoms with Gasteiger partial charge in [0.15, 0.2) is 0 Å². The van der Waals surface area contributed by atoms with Gasteiger partial charge in [0.05, 0.1) is 0 Å². The van der Waals surface area contributed by atoms with Crippen LogP contribution in [0.1, 0.15) is 36.3 Å². The van der Waals surface area contributed by atoms with E-state index in [1.165, 1.54) is 34.9 Å². The molecule has 1 aromatic carbocycles. The average Bonchev–Trinajstić information content (AvgIpc) is 3.64. The molecule has 5 nitrogen and oxygen atoms in total. The highest BCUT2D eigenvalue weighted by atomic mass is 16.1. The summed E-state index contributed by atoms with van der Waals surface area (Å²) in [5, 5.41) is 6.01. The standard InChI is InChI=1S/C26H30N4O/c1-18(25-16-28-12-9-24(25)19-10-13-29(2)26(31)14-19)30(22-6-7-22)17-21-5-3-4-20-15-27-11-8-23(20)21/h3-5,8,10-11,13-15,22,24-25,28H,1,6-7,9,12,16-17H2,2H3/t24-,25?/m1/s1. The van der Waals surface area contributed by atoms with Crippen molar-refractivity contribution >= 4 is 10.8 Å². The Morgan fingerprint density at radius 1 is 1.26 bits per heavy atom. The number of rotatable bonds is 6. The van der Waals surface area contributed by atoms with Crippen molar-refractivity contribution in [3.63, 3.8) is 0 Å². The first-order valence-electron chi connectivity index (χ1n) is 11.3. The normalized spacial score (nSPS) is 21.2. The van der Waals surface area contributed by atoms with Gasteiger partial charge in [-0.05, 0) is 60.4 Å². The third kappa shape index (κ3) is 4.02. The summed E-state index contributed by atoms with van der Waals surface area (Å²) in [4.78, 5) is 19.1. The van der Waals surface area contributed by atoms with Gasteiger partial charge < -0.3 is 14.8 Å². The lowest BCUT2D eigenvalue weighted by Crippen LogP contribution is -2.41. The number of aromatic nitrogens is 2. The van der Waals surface area contributed by atoms with E-state index in [2.05, 4.69) is 52.1 Å². The molecule has 5 heteroatoms. The lowest BCUT2D eigenvalue weighted by atomic mass is 9.79. The molecule has 1 aliphatic heterocycles. The quantitative estimate of drug-likeness (QED) is 0.667. The second-order valence-corrected chi connectivity index (χ2v) is 8.98. The number of piperidine rings is 1. The van der Waals surface area contributed by atoms with Crippen LogP contribution in [0.4, 0.5) is 0 Å². The molecule has 0 bridgehead atoms. The Labute approximate surface area is 183 Å². The van der Waals surface area contributed by atoms with Crippen molar-refractivity contribution in [3.05, 3.63) is 88.7 Å². The van der Waals surface area contributed by atoms with Gasteiger partial charge in [0.1, 0.15) is 0 Å². The fourth-order valence-corrected chi connectivity index (χ4v) is 4.98. The largest absolute Gasteiger partial charge is 0.368 e. The highest BCUT2D eigenvalue weighted by molar-refractivity contribution is 5.84. The van der Waals surface area contributed by atoms with Crippen LogP contribution in [0.15, 0.2) is 72.1 Å². The van der Waals surface area contributed by atoms with E-state index in [4.69, 9.17) is 0 Å².